The number of thiazole rings is 1. The standard InChI is InChI=1S/C45H45N5O8S/c51-37-15-13-35(36-14-16-40(53)48-43(36)37)38(52)24-46-22-34-23-47-41(59-34)27-57-44(54)31-11-9-28(10-12-31)26-56-33-8-4-7-32(21-33)42(30-5-2-1-3-6-30)49-45(55)58-39-25-50-19-17-29(39)18-20-50/h1-16,21,23,29,38-39,42,46,51-52H,17-20,22,24-27H2,(H,48,53)(H,49,55)/t38-,39-,42-/m0/s1. The molecule has 0 spiro atoms. The van der Waals surface area contributed by atoms with Gasteiger partial charge < -0.3 is 40.0 Å². The SMILES string of the molecule is O=C(N[C@@H](c1ccccc1)c1cccc(OCc2ccc(C(=O)OCc3ncc(CNC[C@H](O)c4ccc(O)c5[nH]c(=O)ccc45)s3)cc2)c1)O[C@H]1CN2CCC1CC2. The molecule has 13 nitrogen and oxygen atoms in total. The minimum atomic E-state index is -0.889. The van der Waals surface area contributed by atoms with E-state index in [4.69, 9.17) is 14.2 Å². The number of pyridine rings is 1. The summed E-state index contributed by atoms with van der Waals surface area (Å²) in [6.45, 7) is 3.87. The van der Waals surface area contributed by atoms with Crippen molar-refractivity contribution in [3.63, 3.8) is 0 Å². The fraction of sp³-hybridized carbons (Fsp3) is 0.289. The lowest BCUT2D eigenvalue weighted by Gasteiger charge is -2.43. The van der Waals surface area contributed by atoms with Crippen molar-refractivity contribution in [3.05, 3.63) is 157 Å². The molecule has 3 fully saturated rings. The molecule has 14 heteroatoms. The number of phenols is 1. The van der Waals surface area contributed by atoms with Crippen molar-refractivity contribution in [1.82, 2.24) is 25.5 Å². The van der Waals surface area contributed by atoms with E-state index in [2.05, 4.69) is 25.5 Å². The molecule has 0 aliphatic carbocycles. The molecule has 3 saturated heterocycles. The van der Waals surface area contributed by atoms with Crippen LogP contribution in [0.2, 0.25) is 0 Å². The lowest BCUT2D eigenvalue weighted by Crippen LogP contribution is -2.52. The Morgan fingerprint density at radius 1 is 0.932 bits per heavy atom. The highest BCUT2D eigenvalue weighted by Crippen LogP contribution is 2.32. The fourth-order valence-electron chi connectivity index (χ4n) is 7.72. The number of aliphatic hydroxyl groups excluding tert-OH is 1. The Morgan fingerprint density at radius 3 is 2.51 bits per heavy atom. The molecule has 59 heavy (non-hydrogen) atoms. The van der Waals surface area contributed by atoms with Crippen LogP contribution in [-0.2, 0) is 29.2 Å². The van der Waals surface area contributed by atoms with E-state index in [0.29, 0.717) is 39.7 Å². The number of alkyl carbamates (subject to hydrolysis) is 1. The van der Waals surface area contributed by atoms with Gasteiger partial charge in [-0.25, -0.2) is 14.6 Å². The molecule has 3 aliphatic heterocycles. The fourth-order valence-corrected chi connectivity index (χ4v) is 8.53. The number of aliphatic hydroxyl groups is 1. The van der Waals surface area contributed by atoms with Crippen LogP contribution in [-0.4, -0.2) is 69.4 Å². The molecule has 0 radical (unpaired) electrons. The van der Waals surface area contributed by atoms with Crippen LogP contribution in [0.1, 0.15) is 67.5 Å². The van der Waals surface area contributed by atoms with Crippen LogP contribution in [0.3, 0.4) is 0 Å². The number of piperidine rings is 3. The summed E-state index contributed by atoms with van der Waals surface area (Å²) in [5, 5.41) is 28.5. The first-order chi connectivity index (χ1) is 28.8. The van der Waals surface area contributed by atoms with Crippen molar-refractivity contribution in [2.45, 2.75) is 50.8 Å². The molecule has 5 heterocycles. The van der Waals surface area contributed by atoms with E-state index < -0.39 is 24.2 Å². The number of aromatic nitrogens is 2. The number of hydrogen-bond donors (Lipinski definition) is 5. The normalized spacial score (nSPS) is 18.2. The molecule has 1 amide bonds. The van der Waals surface area contributed by atoms with Crippen LogP contribution in [0.15, 0.2) is 114 Å². The third-order valence-corrected chi connectivity index (χ3v) is 11.8. The maximum absolute atomic E-state index is 13.2. The van der Waals surface area contributed by atoms with Gasteiger partial charge in [0.2, 0.25) is 5.56 Å². The van der Waals surface area contributed by atoms with Gasteiger partial charge in [0.15, 0.2) is 0 Å². The van der Waals surface area contributed by atoms with Gasteiger partial charge in [-0.3, -0.25) is 9.69 Å². The van der Waals surface area contributed by atoms with E-state index in [0.717, 1.165) is 54.0 Å². The van der Waals surface area contributed by atoms with E-state index in [1.54, 1.807) is 30.5 Å². The van der Waals surface area contributed by atoms with Crippen LogP contribution in [0, 0.1) is 5.92 Å². The summed E-state index contributed by atoms with van der Waals surface area (Å²) in [5.74, 6) is 0.510. The highest BCUT2D eigenvalue weighted by molar-refractivity contribution is 7.11. The Bertz CT molecular complexity index is 2450. The number of nitrogens with one attached hydrogen (secondary N) is 3. The average molecular weight is 816 g/mol. The van der Waals surface area contributed by atoms with Crippen LogP contribution >= 0.6 is 11.3 Å². The second-order valence-electron chi connectivity index (χ2n) is 14.9. The van der Waals surface area contributed by atoms with Gasteiger partial charge in [0.25, 0.3) is 0 Å². The van der Waals surface area contributed by atoms with Crippen LogP contribution < -0.4 is 20.9 Å². The number of H-pyrrole nitrogens is 1. The molecule has 9 rings (SSSR count). The van der Waals surface area contributed by atoms with Crippen molar-refractivity contribution in [3.8, 4) is 11.5 Å². The van der Waals surface area contributed by atoms with Crippen molar-refractivity contribution < 1.29 is 34.0 Å². The van der Waals surface area contributed by atoms with Crippen molar-refractivity contribution in [1.29, 1.82) is 0 Å². The maximum Gasteiger partial charge on any atom is 0.408 e. The Morgan fingerprint density at radius 2 is 1.73 bits per heavy atom. The Balaban J connectivity index is 0.806. The van der Waals surface area contributed by atoms with E-state index in [1.807, 2.05) is 66.7 Å². The summed E-state index contributed by atoms with van der Waals surface area (Å²) in [5.41, 5.74) is 3.56. The topological polar surface area (TPSA) is 175 Å². The molecular formula is C45H45N5O8S. The maximum atomic E-state index is 13.2. The molecule has 2 aromatic heterocycles. The molecule has 304 valence electrons. The van der Waals surface area contributed by atoms with Gasteiger partial charge in [0.1, 0.15) is 35.8 Å². The predicted octanol–water partition coefficient (Wildman–Crippen LogP) is 6.36. The van der Waals surface area contributed by atoms with Crippen molar-refractivity contribution >= 4 is 34.3 Å². The number of aromatic amines is 1. The second-order valence-corrected chi connectivity index (χ2v) is 16.1. The minimum Gasteiger partial charge on any atom is -0.506 e. The lowest BCUT2D eigenvalue weighted by molar-refractivity contribution is -0.0336. The number of carbonyl (C=O) groups is 2. The van der Waals surface area contributed by atoms with Crippen LogP contribution in [0.25, 0.3) is 10.9 Å². The summed E-state index contributed by atoms with van der Waals surface area (Å²) in [7, 11) is 0. The van der Waals surface area contributed by atoms with Gasteiger partial charge in [0, 0.05) is 42.2 Å². The second kappa shape index (κ2) is 18.2. The zero-order valence-electron chi connectivity index (χ0n) is 32.2. The highest BCUT2D eigenvalue weighted by Gasteiger charge is 2.37. The molecule has 3 aliphatic rings. The zero-order valence-corrected chi connectivity index (χ0v) is 33.0. The van der Waals surface area contributed by atoms with E-state index >= 15 is 0 Å². The number of ether oxygens (including phenoxy) is 3. The molecule has 0 unspecified atom stereocenters. The Labute approximate surface area is 344 Å². The third-order valence-electron chi connectivity index (χ3n) is 10.9. The summed E-state index contributed by atoms with van der Waals surface area (Å²) < 4.78 is 17.7. The van der Waals surface area contributed by atoms with Gasteiger partial charge in [-0.15, -0.1) is 11.3 Å². The summed E-state index contributed by atoms with van der Waals surface area (Å²) >= 11 is 1.39. The first kappa shape index (κ1) is 39.8. The predicted molar refractivity (Wildman–Crippen MR) is 222 cm³/mol. The Kier molecular flexibility index (Phi) is 12.3. The molecule has 3 atom stereocenters. The number of esters is 1. The summed E-state index contributed by atoms with van der Waals surface area (Å²) in [6.07, 6.45) is 2.41. The number of hydrogen-bond acceptors (Lipinski definition) is 12. The molecule has 0 saturated carbocycles. The average Bonchev–Trinajstić information content (AvgIpc) is 3.72. The van der Waals surface area contributed by atoms with E-state index in [-0.39, 0.29) is 42.7 Å². The number of carbonyl (C=O) groups excluding carboxylic acids is 2. The Hall–Kier alpha value is -6.06. The lowest BCUT2D eigenvalue weighted by atomic mass is 9.86. The van der Waals surface area contributed by atoms with Gasteiger partial charge in [-0.05, 0) is 90.5 Å². The van der Waals surface area contributed by atoms with Gasteiger partial charge >= 0.3 is 12.1 Å². The number of fused-ring (bicyclic) bond motifs is 4. The largest absolute Gasteiger partial charge is 0.506 e. The quantitative estimate of drug-likeness (QED) is 0.0730. The third kappa shape index (κ3) is 9.81. The van der Waals surface area contributed by atoms with E-state index in [1.165, 1.54) is 23.5 Å². The number of aromatic hydroxyl groups is 1. The summed E-state index contributed by atoms with van der Waals surface area (Å²) in [4.78, 5) is 48.0. The number of phenolic OH excluding ortho intramolecular Hbond substituents is 1. The minimum absolute atomic E-state index is 0.0152. The van der Waals surface area contributed by atoms with Crippen LogP contribution in [0.5, 0.6) is 11.5 Å². The van der Waals surface area contributed by atoms with Gasteiger partial charge in [-0.1, -0.05) is 60.7 Å². The number of benzene rings is 4. The zero-order chi connectivity index (χ0) is 40.7. The molecule has 5 N–H and O–H groups in total. The van der Waals surface area contributed by atoms with Crippen molar-refractivity contribution in [2.24, 2.45) is 5.92 Å². The van der Waals surface area contributed by atoms with Gasteiger partial charge in [-0.2, -0.15) is 0 Å². The smallest absolute Gasteiger partial charge is 0.408 e. The van der Waals surface area contributed by atoms with E-state index in [9.17, 15) is 24.6 Å². The number of amides is 1. The monoisotopic (exact) mass is 815 g/mol. The molecule has 4 aromatic carbocycles. The molecular weight excluding hydrogens is 771 g/mol. The number of rotatable bonds is 15. The first-order valence-corrected chi connectivity index (χ1v) is 20.5. The number of nitrogens with zero attached hydrogens (tertiary/aromatic N) is 2. The summed E-state index contributed by atoms with van der Waals surface area (Å²) in [6, 6.07) is 30.1. The van der Waals surface area contributed by atoms with Gasteiger partial charge in [0.05, 0.1) is 23.2 Å². The van der Waals surface area contributed by atoms with Crippen molar-refractivity contribution in [2.75, 3.05) is 26.2 Å². The molecule has 6 aromatic rings. The molecule has 2 bridgehead atoms. The highest BCUT2D eigenvalue weighted by atomic mass is 32.1. The first-order valence-electron chi connectivity index (χ1n) is 19.7. The van der Waals surface area contributed by atoms with Crippen LogP contribution in [0.4, 0.5) is 4.79 Å².